The summed E-state index contributed by atoms with van der Waals surface area (Å²) in [6, 6.07) is 8.27. The minimum Gasteiger partial charge on any atom is -0.497 e. The molecule has 25 heavy (non-hydrogen) atoms. The molecule has 2 rings (SSSR count). The van der Waals surface area contributed by atoms with Crippen LogP contribution in [0.4, 0.5) is 5.69 Å². The number of aliphatic imine (C=N–C) groups is 1. The van der Waals surface area contributed by atoms with Gasteiger partial charge in [0.2, 0.25) is 0 Å². The second kappa shape index (κ2) is 10.8. The summed E-state index contributed by atoms with van der Waals surface area (Å²) in [4.78, 5) is 9.12. The lowest BCUT2D eigenvalue weighted by atomic mass is 10.2. The first-order valence-electron chi connectivity index (χ1n) is 9.20. The van der Waals surface area contributed by atoms with Crippen molar-refractivity contribution < 1.29 is 9.47 Å². The average Bonchev–Trinajstić information content (AvgIpc) is 2.68. The molecule has 0 amide bonds. The monoisotopic (exact) mass is 348 g/mol. The highest BCUT2D eigenvalue weighted by Crippen LogP contribution is 2.20. The van der Waals surface area contributed by atoms with Gasteiger partial charge in [-0.25, -0.2) is 0 Å². The first-order valence-corrected chi connectivity index (χ1v) is 9.20. The Morgan fingerprint density at radius 3 is 2.44 bits per heavy atom. The van der Waals surface area contributed by atoms with Crippen molar-refractivity contribution in [3.05, 3.63) is 24.3 Å². The Morgan fingerprint density at radius 2 is 1.84 bits per heavy atom. The van der Waals surface area contributed by atoms with E-state index in [1.807, 2.05) is 19.2 Å². The Morgan fingerprint density at radius 1 is 1.12 bits per heavy atom. The van der Waals surface area contributed by atoms with Crippen LogP contribution in [-0.4, -0.2) is 71.0 Å². The maximum Gasteiger partial charge on any atom is 0.193 e. The van der Waals surface area contributed by atoms with Gasteiger partial charge in [0.15, 0.2) is 5.96 Å². The van der Waals surface area contributed by atoms with Gasteiger partial charge in [0.25, 0.3) is 0 Å². The molecule has 6 heteroatoms. The molecule has 1 aromatic carbocycles. The molecule has 1 heterocycles. The Bertz CT molecular complexity index is 511. The number of benzene rings is 1. The molecule has 0 atom stereocenters. The minimum absolute atomic E-state index is 0.727. The molecule has 6 nitrogen and oxygen atoms in total. The fraction of sp³-hybridized carbons (Fsp3) is 0.632. The van der Waals surface area contributed by atoms with Crippen LogP contribution in [0.5, 0.6) is 5.75 Å². The van der Waals surface area contributed by atoms with Crippen LogP contribution in [0, 0.1) is 0 Å². The van der Waals surface area contributed by atoms with E-state index in [0.717, 1.165) is 64.1 Å². The van der Waals surface area contributed by atoms with E-state index in [-0.39, 0.29) is 0 Å². The van der Waals surface area contributed by atoms with Crippen molar-refractivity contribution in [1.82, 2.24) is 10.2 Å². The lowest BCUT2D eigenvalue weighted by Gasteiger charge is -2.37. The third-order valence-electron chi connectivity index (χ3n) is 4.40. The lowest BCUT2D eigenvalue weighted by molar-refractivity contribution is 0.135. The van der Waals surface area contributed by atoms with Crippen LogP contribution >= 0.6 is 0 Å². The van der Waals surface area contributed by atoms with Crippen molar-refractivity contribution in [1.29, 1.82) is 0 Å². The SMILES string of the molecule is CCCCOCCNC(=NC)N1CCN(c2ccc(OC)cc2)CC1. The fourth-order valence-corrected chi connectivity index (χ4v) is 2.89. The zero-order valence-corrected chi connectivity index (χ0v) is 15.8. The Balaban J connectivity index is 1.73. The number of piperazine rings is 1. The second-order valence-corrected chi connectivity index (χ2v) is 6.11. The van der Waals surface area contributed by atoms with Crippen LogP contribution in [0.15, 0.2) is 29.3 Å². The van der Waals surface area contributed by atoms with Crippen molar-refractivity contribution in [2.75, 3.05) is 65.0 Å². The molecule has 1 aliphatic rings. The summed E-state index contributed by atoms with van der Waals surface area (Å²) in [5, 5.41) is 3.40. The number of unbranched alkanes of at least 4 members (excludes halogenated alkanes) is 1. The highest BCUT2D eigenvalue weighted by Gasteiger charge is 2.19. The summed E-state index contributed by atoms with van der Waals surface area (Å²) >= 11 is 0. The molecule has 0 bridgehead atoms. The van der Waals surface area contributed by atoms with Crippen LogP contribution in [0.2, 0.25) is 0 Å². The van der Waals surface area contributed by atoms with Gasteiger partial charge < -0.3 is 24.6 Å². The van der Waals surface area contributed by atoms with Crippen LogP contribution in [0.3, 0.4) is 0 Å². The van der Waals surface area contributed by atoms with Crippen LogP contribution in [-0.2, 0) is 4.74 Å². The number of anilines is 1. The van der Waals surface area contributed by atoms with Crippen molar-refractivity contribution in [2.45, 2.75) is 19.8 Å². The summed E-state index contributed by atoms with van der Waals surface area (Å²) in [5.74, 6) is 1.86. The van der Waals surface area contributed by atoms with Gasteiger partial charge in [0, 0.05) is 52.1 Å². The van der Waals surface area contributed by atoms with Crippen LogP contribution < -0.4 is 15.0 Å². The largest absolute Gasteiger partial charge is 0.497 e. The summed E-state index contributed by atoms with van der Waals surface area (Å²) in [7, 11) is 3.54. The average molecular weight is 348 g/mol. The molecule has 1 fully saturated rings. The molecule has 0 unspecified atom stereocenters. The number of guanidine groups is 1. The lowest BCUT2D eigenvalue weighted by Crippen LogP contribution is -2.53. The Kier molecular flexibility index (Phi) is 8.39. The second-order valence-electron chi connectivity index (χ2n) is 6.11. The van der Waals surface area contributed by atoms with Crippen LogP contribution in [0.1, 0.15) is 19.8 Å². The van der Waals surface area contributed by atoms with E-state index in [4.69, 9.17) is 9.47 Å². The van der Waals surface area contributed by atoms with Gasteiger partial charge >= 0.3 is 0 Å². The fourth-order valence-electron chi connectivity index (χ4n) is 2.89. The molecule has 1 N–H and O–H groups in total. The number of rotatable bonds is 8. The molecule has 0 radical (unpaired) electrons. The molecular formula is C19H32N4O2. The van der Waals surface area contributed by atoms with Crippen LogP contribution in [0.25, 0.3) is 0 Å². The van der Waals surface area contributed by atoms with Crippen molar-refractivity contribution in [2.24, 2.45) is 4.99 Å². The minimum atomic E-state index is 0.727. The van der Waals surface area contributed by atoms with Gasteiger partial charge in [-0.3, -0.25) is 4.99 Å². The molecule has 0 spiro atoms. The van der Waals surface area contributed by atoms with Gasteiger partial charge in [-0.05, 0) is 30.7 Å². The highest BCUT2D eigenvalue weighted by atomic mass is 16.5. The summed E-state index contributed by atoms with van der Waals surface area (Å²) < 4.78 is 10.8. The Labute approximate surface area is 151 Å². The topological polar surface area (TPSA) is 49.3 Å². The predicted molar refractivity (Wildman–Crippen MR) is 104 cm³/mol. The molecule has 140 valence electrons. The van der Waals surface area contributed by atoms with E-state index in [9.17, 15) is 0 Å². The third-order valence-corrected chi connectivity index (χ3v) is 4.40. The molecule has 1 aliphatic heterocycles. The zero-order chi connectivity index (χ0) is 17.9. The molecule has 0 saturated carbocycles. The number of ether oxygens (including phenoxy) is 2. The van der Waals surface area contributed by atoms with E-state index in [2.05, 4.69) is 39.2 Å². The van der Waals surface area contributed by atoms with Gasteiger partial charge in [0.1, 0.15) is 5.75 Å². The van der Waals surface area contributed by atoms with Gasteiger partial charge in [-0.15, -0.1) is 0 Å². The number of nitrogens with zero attached hydrogens (tertiary/aromatic N) is 3. The zero-order valence-electron chi connectivity index (χ0n) is 15.8. The van der Waals surface area contributed by atoms with E-state index < -0.39 is 0 Å². The standard InChI is InChI=1S/C19H32N4O2/c1-4-5-15-25-16-10-21-19(20-2)23-13-11-22(12-14-23)17-6-8-18(24-3)9-7-17/h6-9H,4-5,10-16H2,1-3H3,(H,20,21). The maximum atomic E-state index is 5.60. The first kappa shape index (κ1) is 19.4. The van der Waals surface area contributed by atoms with Crippen molar-refractivity contribution in [3.8, 4) is 5.75 Å². The molecule has 1 saturated heterocycles. The summed E-state index contributed by atoms with van der Waals surface area (Å²) in [6.07, 6.45) is 2.30. The van der Waals surface area contributed by atoms with E-state index in [0.29, 0.717) is 0 Å². The molecule has 1 aromatic rings. The predicted octanol–water partition coefficient (Wildman–Crippen LogP) is 2.21. The number of methoxy groups -OCH3 is 1. The quantitative estimate of drug-likeness (QED) is 0.443. The number of hydrogen-bond acceptors (Lipinski definition) is 4. The molecular weight excluding hydrogens is 316 g/mol. The highest BCUT2D eigenvalue weighted by molar-refractivity contribution is 5.80. The van der Waals surface area contributed by atoms with E-state index in [1.165, 1.54) is 12.1 Å². The van der Waals surface area contributed by atoms with E-state index in [1.54, 1.807) is 7.11 Å². The smallest absolute Gasteiger partial charge is 0.193 e. The molecule has 0 aliphatic carbocycles. The summed E-state index contributed by atoms with van der Waals surface area (Å²) in [5.41, 5.74) is 1.24. The first-order chi connectivity index (χ1) is 12.3. The molecule has 0 aromatic heterocycles. The van der Waals surface area contributed by atoms with Gasteiger partial charge in [-0.2, -0.15) is 0 Å². The van der Waals surface area contributed by atoms with Crippen molar-refractivity contribution in [3.63, 3.8) is 0 Å². The van der Waals surface area contributed by atoms with Crippen molar-refractivity contribution >= 4 is 11.6 Å². The third kappa shape index (κ3) is 6.12. The van der Waals surface area contributed by atoms with E-state index >= 15 is 0 Å². The van der Waals surface area contributed by atoms with Gasteiger partial charge in [0.05, 0.1) is 13.7 Å². The maximum absolute atomic E-state index is 5.60. The number of hydrogen-bond donors (Lipinski definition) is 1. The number of nitrogens with one attached hydrogen (secondary N) is 1. The normalized spacial score (nSPS) is 15.4. The van der Waals surface area contributed by atoms with Gasteiger partial charge in [-0.1, -0.05) is 13.3 Å². The summed E-state index contributed by atoms with van der Waals surface area (Å²) in [6.45, 7) is 8.44. The Hall–Kier alpha value is -1.95.